The molecule has 1 aromatic carbocycles. The molecule has 1 aromatic heterocycles. The number of aromatic nitrogens is 1. The number of halogens is 2. The summed E-state index contributed by atoms with van der Waals surface area (Å²) in [5.74, 6) is -1.61. The predicted molar refractivity (Wildman–Crippen MR) is 66.5 cm³/mol. The van der Waals surface area contributed by atoms with Crippen LogP contribution in [0.15, 0.2) is 28.2 Å². The molecule has 0 fully saturated rings. The summed E-state index contributed by atoms with van der Waals surface area (Å²) in [5, 5.41) is 11.9. The average Bonchev–Trinajstić information content (AvgIpc) is 2.71. The number of aromatic carboxylic acids is 1. The highest BCUT2D eigenvalue weighted by Gasteiger charge is 2.14. The molecular formula is C10H6BrFN2O2S. The van der Waals surface area contributed by atoms with Crippen molar-refractivity contribution in [3.8, 4) is 0 Å². The van der Waals surface area contributed by atoms with Gasteiger partial charge in [0.25, 0.3) is 0 Å². The Morgan fingerprint density at radius 2 is 2.29 bits per heavy atom. The molecule has 0 atom stereocenters. The lowest BCUT2D eigenvalue weighted by atomic mass is 10.3. The first kappa shape index (κ1) is 12.0. The van der Waals surface area contributed by atoms with Crippen molar-refractivity contribution in [2.45, 2.75) is 0 Å². The molecule has 0 amide bonds. The summed E-state index contributed by atoms with van der Waals surface area (Å²) in [6, 6.07) is 4.37. The molecular weight excluding hydrogens is 311 g/mol. The molecule has 88 valence electrons. The van der Waals surface area contributed by atoms with Gasteiger partial charge in [-0.3, -0.25) is 0 Å². The number of benzene rings is 1. The zero-order chi connectivity index (χ0) is 12.4. The Morgan fingerprint density at radius 1 is 1.53 bits per heavy atom. The van der Waals surface area contributed by atoms with Crippen LogP contribution in [0.5, 0.6) is 0 Å². The lowest BCUT2D eigenvalue weighted by Gasteiger charge is -2.06. The van der Waals surface area contributed by atoms with Gasteiger partial charge in [0.1, 0.15) is 10.8 Å². The molecule has 1 heterocycles. The minimum absolute atomic E-state index is 0.116. The Labute approximate surface area is 108 Å². The van der Waals surface area contributed by atoms with Gasteiger partial charge < -0.3 is 10.4 Å². The topological polar surface area (TPSA) is 62.2 Å². The molecule has 2 rings (SSSR count). The van der Waals surface area contributed by atoms with Crippen LogP contribution in [0.3, 0.4) is 0 Å². The van der Waals surface area contributed by atoms with Crippen molar-refractivity contribution in [1.82, 2.24) is 4.98 Å². The van der Waals surface area contributed by atoms with E-state index in [-0.39, 0.29) is 11.4 Å². The summed E-state index contributed by atoms with van der Waals surface area (Å²) in [7, 11) is 0. The van der Waals surface area contributed by atoms with Gasteiger partial charge in [-0.2, -0.15) is 0 Å². The number of rotatable bonds is 3. The lowest BCUT2D eigenvalue weighted by molar-refractivity contribution is 0.0692. The minimum atomic E-state index is -1.15. The first-order valence-electron chi connectivity index (χ1n) is 4.47. The first-order valence-corrected chi connectivity index (χ1v) is 6.14. The highest BCUT2D eigenvalue weighted by Crippen LogP contribution is 2.28. The molecule has 17 heavy (non-hydrogen) atoms. The Bertz CT molecular complexity index is 573. The van der Waals surface area contributed by atoms with Crippen molar-refractivity contribution < 1.29 is 14.3 Å². The molecule has 2 N–H and O–H groups in total. The highest BCUT2D eigenvalue weighted by molar-refractivity contribution is 9.10. The van der Waals surface area contributed by atoms with Gasteiger partial charge in [-0.1, -0.05) is 15.9 Å². The molecule has 0 aliphatic rings. The van der Waals surface area contributed by atoms with Crippen molar-refractivity contribution in [2.24, 2.45) is 0 Å². The molecule has 0 bridgehead atoms. The minimum Gasteiger partial charge on any atom is -0.476 e. The second kappa shape index (κ2) is 4.80. The Kier molecular flexibility index (Phi) is 3.39. The van der Waals surface area contributed by atoms with Crippen LogP contribution in [0, 0.1) is 5.82 Å². The van der Waals surface area contributed by atoms with E-state index in [9.17, 15) is 9.18 Å². The summed E-state index contributed by atoms with van der Waals surface area (Å²) >= 11 is 4.31. The van der Waals surface area contributed by atoms with Crippen LogP contribution in [0.4, 0.5) is 15.1 Å². The average molecular weight is 317 g/mol. The van der Waals surface area contributed by atoms with Gasteiger partial charge in [-0.15, -0.1) is 11.3 Å². The fourth-order valence-corrected chi connectivity index (χ4v) is 2.25. The van der Waals surface area contributed by atoms with E-state index in [2.05, 4.69) is 26.2 Å². The number of nitrogens with one attached hydrogen (secondary N) is 1. The monoisotopic (exact) mass is 316 g/mol. The van der Waals surface area contributed by atoms with Gasteiger partial charge >= 0.3 is 5.97 Å². The van der Waals surface area contributed by atoms with Gasteiger partial charge in [0.05, 0.1) is 11.2 Å². The van der Waals surface area contributed by atoms with Crippen molar-refractivity contribution in [3.63, 3.8) is 0 Å². The maximum atomic E-state index is 13.4. The summed E-state index contributed by atoms with van der Waals surface area (Å²) in [6.07, 6.45) is 0. The number of anilines is 2. The van der Waals surface area contributed by atoms with Crippen molar-refractivity contribution in [1.29, 1.82) is 0 Å². The maximum Gasteiger partial charge on any atom is 0.357 e. The maximum absolute atomic E-state index is 13.4. The number of carboxylic acids is 1. The van der Waals surface area contributed by atoms with Crippen molar-refractivity contribution in [2.75, 3.05) is 5.32 Å². The SMILES string of the molecule is O=C(O)c1ncsc1Nc1cc(Br)ccc1F. The van der Waals surface area contributed by atoms with E-state index in [0.717, 1.165) is 11.3 Å². The van der Waals surface area contributed by atoms with Gasteiger partial charge in [0.2, 0.25) is 0 Å². The number of carbonyl (C=O) groups is 1. The van der Waals surface area contributed by atoms with Crippen LogP contribution < -0.4 is 5.32 Å². The van der Waals surface area contributed by atoms with Crippen LogP contribution in [-0.2, 0) is 0 Å². The van der Waals surface area contributed by atoms with Crippen LogP contribution in [0.1, 0.15) is 10.5 Å². The standard InChI is InChI=1S/C10H6BrFN2O2S/c11-5-1-2-6(12)7(3-5)14-9-8(10(15)16)13-4-17-9/h1-4,14H,(H,15,16). The van der Waals surface area contributed by atoms with E-state index in [4.69, 9.17) is 5.11 Å². The molecule has 2 aromatic rings. The number of hydrogen-bond acceptors (Lipinski definition) is 4. The third-order valence-corrected chi connectivity index (χ3v) is 3.18. The van der Waals surface area contributed by atoms with E-state index in [1.807, 2.05) is 0 Å². The zero-order valence-electron chi connectivity index (χ0n) is 8.28. The van der Waals surface area contributed by atoms with Gasteiger partial charge in [-0.25, -0.2) is 14.2 Å². The second-order valence-electron chi connectivity index (χ2n) is 3.08. The van der Waals surface area contributed by atoms with Gasteiger partial charge in [0.15, 0.2) is 5.69 Å². The molecule has 0 unspecified atom stereocenters. The zero-order valence-corrected chi connectivity index (χ0v) is 10.7. The molecule has 7 heteroatoms. The smallest absolute Gasteiger partial charge is 0.357 e. The van der Waals surface area contributed by atoms with E-state index >= 15 is 0 Å². The second-order valence-corrected chi connectivity index (χ2v) is 4.85. The van der Waals surface area contributed by atoms with Crippen molar-refractivity contribution in [3.05, 3.63) is 39.7 Å². The largest absolute Gasteiger partial charge is 0.476 e. The number of thiazole rings is 1. The predicted octanol–water partition coefficient (Wildman–Crippen LogP) is 3.49. The molecule has 4 nitrogen and oxygen atoms in total. The molecule has 0 radical (unpaired) electrons. The molecule has 0 aliphatic carbocycles. The Balaban J connectivity index is 2.34. The van der Waals surface area contributed by atoms with Gasteiger partial charge in [-0.05, 0) is 18.2 Å². The number of nitrogens with zero attached hydrogens (tertiary/aromatic N) is 1. The normalized spacial score (nSPS) is 10.2. The Hall–Kier alpha value is -1.47. The number of carboxylic acid groups (broad SMARTS) is 1. The summed E-state index contributed by atoms with van der Waals surface area (Å²) in [5.41, 5.74) is 1.47. The lowest BCUT2D eigenvalue weighted by Crippen LogP contribution is -2.01. The fourth-order valence-electron chi connectivity index (χ4n) is 1.20. The first-order chi connectivity index (χ1) is 8.08. The van der Waals surface area contributed by atoms with Crippen LogP contribution in [-0.4, -0.2) is 16.1 Å². The van der Waals surface area contributed by atoms with E-state index < -0.39 is 11.8 Å². The van der Waals surface area contributed by atoms with Crippen molar-refractivity contribution >= 4 is 43.9 Å². The molecule has 0 aliphatic heterocycles. The summed E-state index contributed by atoms with van der Waals surface area (Å²) < 4.78 is 14.1. The molecule has 0 saturated carbocycles. The Morgan fingerprint density at radius 3 is 3.00 bits per heavy atom. The van der Waals surface area contributed by atoms with E-state index in [1.165, 1.54) is 17.6 Å². The van der Waals surface area contributed by atoms with Gasteiger partial charge in [0, 0.05) is 4.47 Å². The third kappa shape index (κ3) is 2.62. The summed E-state index contributed by atoms with van der Waals surface area (Å²) in [6.45, 7) is 0. The van der Waals surface area contributed by atoms with Crippen LogP contribution >= 0.6 is 27.3 Å². The number of hydrogen-bond donors (Lipinski definition) is 2. The summed E-state index contributed by atoms with van der Waals surface area (Å²) in [4.78, 5) is 14.5. The molecule has 0 spiro atoms. The van der Waals surface area contributed by atoms with Crippen LogP contribution in [0.2, 0.25) is 0 Å². The third-order valence-electron chi connectivity index (χ3n) is 1.95. The fraction of sp³-hybridized carbons (Fsp3) is 0. The van der Waals surface area contributed by atoms with E-state index in [1.54, 1.807) is 6.07 Å². The highest BCUT2D eigenvalue weighted by atomic mass is 79.9. The molecule has 0 saturated heterocycles. The quantitative estimate of drug-likeness (QED) is 0.910. The van der Waals surface area contributed by atoms with E-state index in [0.29, 0.717) is 9.47 Å². The van der Waals surface area contributed by atoms with Crippen LogP contribution in [0.25, 0.3) is 0 Å².